The summed E-state index contributed by atoms with van der Waals surface area (Å²) in [6.07, 6.45) is 0. The molecule has 2 spiro atoms. The molecular weight excluding hydrogens is 1000 g/mol. The number of hydrogen-bond donors (Lipinski definition) is 0. The predicted octanol–water partition coefficient (Wildman–Crippen LogP) is 20.5. The Hall–Kier alpha value is -10.7. The van der Waals surface area contributed by atoms with Gasteiger partial charge < -0.3 is 13.9 Å². The molecule has 3 nitrogen and oxygen atoms in total. The Balaban J connectivity index is 0.843. The smallest absolute Gasteiger partial charge is 0.135 e. The van der Waals surface area contributed by atoms with E-state index in [0.29, 0.717) is 0 Å². The van der Waals surface area contributed by atoms with Crippen molar-refractivity contribution in [3.63, 3.8) is 0 Å². The number of hydrogen-bond acceptors (Lipinski definition) is 2. The van der Waals surface area contributed by atoms with Crippen molar-refractivity contribution in [1.29, 1.82) is 0 Å². The third kappa shape index (κ3) is 5.73. The van der Waals surface area contributed by atoms with Crippen LogP contribution in [0.25, 0.3) is 105 Å². The normalized spacial score (nSPS) is 15.1. The molecule has 19 rings (SSSR count). The first kappa shape index (κ1) is 45.0. The van der Waals surface area contributed by atoms with E-state index in [1.165, 1.54) is 105 Å². The van der Waals surface area contributed by atoms with Gasteiger partial charge in [-0.15, -0.1) is 0 Å². The van der Waals surface area contributed by atoms with Gasteiger partial charge in [-0.05, 0) is 161 Å². The minimum atomic E-state index is -0.587. The number of nitrogens with zero attached hydrogens (tertiary/aromatic N) is 2. The molecule has 0 bridgehead atoms. The fraction of sp³-hybridized carbons (Fsp3) is 0.0250. The number of fused-ring (bicyclic) bond motifs is 25. The van der Waals surface area contributed by atoms with Gasteiger partial charge in [0.25, 0.3) is 0 Å². The third-order valence-electron chi connectivity index (χ3n) is 19.2. The number of para-hydroxylation sites is 5. The van der Waals surface area contributed by atoms with Crippen LogP contribution in [0.2, 0.25) is 0 Å². The van der Waals surface area contributed by atoms with Crippen LogP contribution >= 0.6 is 0 Å². The molecular formula is C80H48N2O. The van der Waals surface area contributed by atoms with Crippen molar-refractivity contribution in [2.24, 2.45) is 0 Å². The summed E-state index contributed by atoms with van der Waals surface area (Å²) in [5, 5.41) is 4.80. The van der Waals surface area contributed by atoms with E-state index >= 15 is 0 Å². The molecule has 0 N–H and O–H groups in total. The molecule has 4 aliphatic rings. The lowest BCUT2D eigenvalue weighted by Gasteiger charge is -2.39. The first-order valence-electron chi connectivity index (χ1n) is 28.9. The zero-order chi connectivity index (χ0) is 54.1. The van der Waals surface area contributed by atoms with Crippen molar-refractivity contribution in [2.75, 3.05) is 4.90 Å². The highest BCUT2D eigenvalue weighted by atomic mass is 16.3. The third-order valence-corrected chi connectivity index (χ3v) is 19.2. The highest BCUT2D eigenvalue weighted by Crippen LogP contribution is 2.65. The zero-order valence-corrected chi connectivity index (χ0v) is 45.0. The van der Waals surface area contributed by atoms with Crippen LogP contribution in [0.1, 0.15) is 44.5 Å². The Morgan fingerprint density at radius 1 is 0.277 bits per heavy atom. The molecule has 0 saturated carbocycles. The molecule has 1 atom stereocenters. The Morgan fingerprint density at radius 3 is 1.47 bits per heavy atom. The molecule has 0 fully saturated rings. The van der Waals surface area contributed by atoms with E-state index < -0.39 is 10.8 Å². The van der Waals surface area contributed by atoms with Gasteiger partial charge in [-0.2, -0.15) is 0 Å². The Bertz CT molecular complexity index is 5240. The van der Waals surface area contributed by atoms with E-state index in [2.05, 4.69) is 295 Å². The van der Waals surface area contributed by atoms with E-state index in [9.17, 15) is 0 Å². The van der Waals surface area contributed by atoms with Crippen molar-refractivity contribution in [3.8, 4) is 61.3 Å². The fourth-order valence-electron chi connectivity index (χ4n) is 16.0. The van der Waals surface area contributed by atoms with Crippen molar-refractivity contribution in [1.82, 2.24) is 4.57 Å². The second kappa shape index (κ2) is 16.4. The second-order valence-electron chi connectivity index (χ2n) is 23.0. The summed E-state index contributed by atoms with van der Waals surface area (Å²) in [6, 6.07) is 109. The molecule has 83 heavy (non-hydrogen) atoms. The van der Waals surface area contributed by atoms with Crippen LogP contribution in [0.4, 0.5) is 17.1 Å². The van der Waals surface area contributed by atoms with E-state index in [4.69, 9.17) is 4.42 Å². The van der Waals surface area contributed by atoms with Crippen LogP contribution in [0.3, 0.4) is 0 Å². The topological polar surface area (TPSA) is 21.3 Å². The molecule has 3 heterocycles. The largest absolute Gasteiger partial charge is 0.456 e. The second-order valence-corrected chi connectivity index (χ2v) is 23.0. The summed E-state index contributed by atoms with van der Waals surface area (Å²) in [6.45, 7) is 0. The summed E-state index contributed by atoms with van der Waals surface area (Å²) in [5.41, 5.74) is 30.5. The first-order valence-corrected chi connectivity index (χ1v) is 28.9. The number of rotatable bonds is 5. The van der Waals surface area contributed by atoms with Crippen LogP contribution < -0.4 is 4.90 Å². The van der Waals surface area contributed by atoms with Crippen LogP contribution in [0.15, 0.2) is 296 Å². The van der Waals surface area contributed by atoms with E-state index in [-0.39, 0.29) is 0 Å². The van der Waals surface area contributed by atoms with Crippen LogP contribution in [0.5, 0.6) is 0 Å². The van der Waals surface area contributed by atoms with Gasteiger partial charge in [0, 0.05) is 38.5 Å². The highest BCUT2D eigenvalue weighted by Gasteiger charge is 2.53. The average Bonchev–Trinajstić information content (AvgIpc) is 1.93. The molecule has 3 aliphatic carbocycles. The van der Waals surface area contributed by atoms with Crippen molar-refractivity contribution >= 4 is 60.8 Å². The highest BCUT2D eigenvalue weighted by molar-refractivity contribution is 6.13. The summed E-state index contributed by atoms with van der Waals surface area (Å²) in [7, 11) is 0. The van der Waals surface area contributed by atoms with Crippen LogP contribution in [0, 0.1) is 0 Å². The van der Waals surface area contributed by atoms with Gasteiger partial charge >= 0.3 is 0 Å². The van der Waals surface area contributed by atoms with Crippen molar-refractivity contribution in [3.05, 3.63) is 336 Å². The monoisotopic (exact) mass is 1050 g/mol. The standard InChI is InChI=1S/C80H48N2O/c1-8-26-65-55(19-1)56-20-2-9-27-66(56)79(65)67-28-10-3-22-58(67)60-44-42-53(48-72(60)79)81(52-40-36-49(37-41-52)50-39-45-77-64(46-50)62-24-7-16-35-76(62)83-77)73-32-13-5-18-54(73)51-38-43-59-57-21-4-11-29-68(57)80(71(59)47-51)69-30-12-15-34-75(69)82-74-33-14-6-23-61(74)63-25-17-31-70(80)78(63)82/h1-48H. The van der Waals surface area contributed by atoms with E-state index in [1.807, 2.05) is 6.07 Å². The Labute approximate surface area is 479 Å². The van der Waals surface area contributed by atoms with Gasteiger partial charge in [0.2, 0.25) is 0 Å². The predicted molar refractivity (Wildman–Crippen MR) is 341 cm³/mol. The Morgan fingerprint density at radius 2 is 0.759 bits per heavy atom. The summed E-state index contributed by atoms with van der Waals surface area (Å²) >= 11 is 0. The van der Waals surface area contributed by atoms with E-state index in [0.717, 1.165) is 61.3 Å². The molecule has 2 aromatic heterocycles. The zero-order valence-electron chi connectivity index (χ0n) is 45.0. The van der Waals surface area contributed by atoms with Gasteiger partial charge in [-0.1, -0.05) is 224 Å². The molecule has 1 unspecified atom stereocenters. The van der Waals surface area contributed by atoms with Gasteiger partial charge in [-0.3, -0.25) is 0 Å². The van der Waals surface area contributed by atoms with Crippen molar-refractivity contribution in [2.45, 2.75) is 10.8 Å². The minimum absolute atomic E-state index is 0.506. The molecule has 0 radical (unpaired) electrons. The summed E-state index contributed by atoms with van der Waals surface area (Å²) in [5.74, 6) is 0. The van der Waals surface area contributed by atoms with Gasteiger partial charge in [0.15, 0.2) is 0 Å². The maximum Gasteiger partial charge on any atom is 0.135 e. The first-order chi connectivity index (χ1) is 41.2. The molecule has 1 aliphatic heterocycles. The maximum absolute atomic E-state index is 6.29. The molecule has 0 amide bonds. The quantitative estimate of drug-likeness (QED) is 0.171. The lowest BCUT2D eigenvalue weighted by Crippen LogP contribution is -2.33. The SMILES string of the molecule is c1ccc(N(c2ccc(-c3ccc4oc5ccccc5c4c3)cc2)c2ccc3c(c2)C2(c4ccccc4-c4ccccc42)c2ccccc2-3)c(-c2ccc3c(c2)C2(c4ccccc4-3)c3ccccc3-n3c4ccccc4c4cccc2c43)c1. The minimum Gasteiger partial charge on any atom is -0.456 e. The average molecular weight is 1050 g/mol. The number of furan rings is 1. The maximum atomic E-state index is 6.29. The number of benzene rings is 13. The van der Waals surface area contributed by atoms with Gasteiger partial charge in [-0.25, -0.2) is 0 Å². The van der Waals surface area contributed by atoms with E-state index in [1.54, 1.807) is 0 Å². The molecule has 0 saturated heterocycles. The number of aromatic nitrogens is 1. The van der Waals surface area contributed by atoms with Gasteiger partial charge in [0.1, 0.15) is 11.2 Å². The van der Waals surface area contributed by atoms with Crippen molar-refractivity contribution < 1.29 is 4.42 Å². The summed E-state index contributed by atoms with van der Waals surface area (Å²) < 4.78 is 8.82. The van der Waals surface area contributed by atoms with Crippen LogP contribution in [-0.2, 0) is 10.8 Å². The fourth-order valence-corrected chi connectivity index (χ4v) is 16.0. The lowest BCUT2D eigenvalue weighted by molar-refractivity contribution is 0.669. The van der Waals surface area contributed by atoms with Gasteiger partial charge in [0.05, 0.1) is 33.2 Å². The lowest BCUT2D eigenvalue weighted by atomic mass is 9.65. The Kier molecular flexibility index (Phi) is 8.92. The molecule has 384 valence electrons. The molecule has 15 aromatic rings. The van der Waals surface area contributed by atoms with Crippen LogP contribution in [-0.4, -0.2) is 4.57 Å². The summed E-state index contributed by atoms with van der Waals surface area (Å²) in [4.78, 5) is 2.52. The number of anilines is 3. The molecule has 13 aromatic carbocycles. The molecule has 3 heteroatoms.